The lowest BCUT2D eigenvalue weighted by Gasteiger charge is -2.11. The molecule has 0 aliphatic carbocycles. The highest BCUT2D eigenvalue weighted by atomic mass is 16.6. The quantitative estimate of drug-likeness (QED) is 0.146. The van der Waals surface area contributed by atoms with Gasteiger partial charge in [0.05, 0.1) is 54.7 Å². The molecule has 0 aliphatic heterocycles. The summed E-state index contributed by atoms with van der Waals surface area (Å²) in [5, 5.41) is 0. The van der Waals surface area contributed by atoms with E-state index in [0.29, 0.717) is 0 Å². The van der Waals surface area contributed by atoms with Gasteiger partial charge in [0.2, 0.25) is 0 Å². The molecule has 0 spiro atoms. The van der Waals surface area contributed by atoms with E-state index in [0.717, 1.165) is 0 Å². The first kappa shape index (κ1) is 31.6. The topological polar surface area (TPSA) is 158 Å². The standard InChI is InChI=1S/C33H24O12/c1-40-28(34)19-7-11-25(12-8-19)43-32(38)23-16-24(33(39)44-26-13-9-20(10-14-26)29(35)41-2)18-27(17-23)45-31(37)22-6-4-5-21(15-22)30(36)42-3/h4-18H,1-3H3. The van der Waals surface area contributed by atoms with Crippen molar-refractivity contribution >= 4 is 35.8 Å². The van der Waals surface area contributed by atoms with E-state index in [4.69, 9.17) is 14.2 Å². The van der Waals surface area contributed by atoms with Crippen molar-refractivity contribution in [3.05, 3.63) is 124 Å². The molecule has 4 aromatic rings. The summed E-state index contributed by atoms with van der Waals surface area (Å²) >= 11 is 0. The number of rotatable bonds is 9. The van der Waals surface area contributed by atoms with Crippen LogP contribution >= 0.6 is 0 Å². The Morgan fingerprint density at radius 3 is 1.11 bits per heavy atom. The smallest absolute Gasteiger partial charge is 0.343 e. The highest BCUT2D eigenvalue weighted by molar-refractivity contribution is 5.99. The number of esters is 6. The molecule has 0 bridgehead atoms. The van der Waals surface area contributed by atoms with E-state index < -0.39 is 35.8 Å². The van der Waals surface area contributed by atoms with E-state index in [1.165, 1.54) is 112 Å². The highest BCUT2D eigenvalue weighted by Crippen LogP contribution is 2.24. The van der Waals surface area contributed by atoms with Crippen molar-refractivity contribution in [2.45, 2.75) is 0 Å². The lowest BCUT2D eigenvalue weighted by molar-refractivity contribution is 0.0591. The summed E-state index contributed by atoms with van der Waals surface area (Å²) in [7, 11) is 3.65. The van der Waals surface area contributed by atoms with E-state index in [-0.39, 0.29) is 50.6 Å². The van der Waals surface area contributed by atoms with Gasteiger partial charge in [-0.2, -0.15) is 0 Å². The van der Waals surface area contributed by atoms with Crippen LogP contribution in [0.5, 0.6) is 17.2 Å². The second-order valence-corrected chi connectivity index (χ2v) is 9.02. The van der Waals surface area contributed by atoms with Crippen molar-refractivity contribution < 1.29 is 57.2 Å². The van der Waals surface area contributed by atoms with Crippen LogP contribution in [0.3, 0.4) is 0 Å². The van der Waals surface area contributed by atoms with Crippen molar-refractivity contribution in [2.24, 2.45) is 0 Å². The predicted octanol–water partition coefficient (Wildman–Crippen LogP) is 4.70. The van der Waals surface area contributed by atoms with E-state index in [9.17, 15) is 28.8 Å². The Kier molecular flexibility index (Phi) is 10.0. The van der Waals surface area contributed by atoms with Crippen LogP contribution in [-0.2, 0) is 14.2 Å². The zero-order chi connectivity index (χ0) is 32.5. The molecule has 0 fully saturated rings. The molecule has 0 aliphatic rings. The molecule has 45 heavy (non-hydrogen) atoms. The summed E-state index contributed by atoms with van der Waals surface area (Å²) in [6.45, 7) is 0. The zero-order valence-electron chi connectivity index (χ0n) is 24.1. The van der Waals surface area contributed by atoms with Crippen LogP contribution in [0.2, 0.25) is 0 Å². The Bertz CT molecular complexity index is 1680. The Hall–Kier alpha value is -6.30. The van der Waals surface area contributed by atoms with Crippen molar-refractivity contribution in [3.8, 4) is 17.2 Å². The van der Waals surface area contributed by atoms with Crippen LogP contribution in [0.25, 0.3) is 0 Å². The molecule has 0 saturated carbocycles. The Balaban J connectivity index is 1.63. The van der Waals surface area contributed by atoms with Gasteiger partial charge in [0.25, 0.3) is 0 Å². The molecule has 0 atom stereocenters. The molecule has 12 nitrogen and oxygen atoms in total. The molecule has 0 N–H and O–H groups in total. The molecule has 0 heterocycles. The summed E-state index contributed by atoms with van der Waals surface area (Å²) in [5.74, 6) is -4.65. The van der Waals surface area contributed by atoms with Crippen LogP contribution in [0, 0.1) is 0 Å². The summed E-state index contributed by atoms with van der Waals surface area (Å²) in [4.78, 5) is 74.5. The van der Waals surface area contributed by atoms with Crippen LogP contribution in [-0.4, -0.2) is 57.1 Å². The van der Waals surface area contributed by atoms with Gasteiger partial charge in [0, 0.05) is 0 Å². The third-order valence-corrected chi connectivity index (χ3v) is 6.08. The van der Waals surface area contributed by atoms with Crippen LogP contribution in [0.1, 0.15) is 62.1 Å². The predicted molar refractivity (Wildman–Crippen MR) is 155 cm³/mol. The van der Waals surface area contributed by atoms with Gasteiger partial charge in [-0.05, 0) is 84.9 Å². The van der Waals surface area contributed by atoms with Gasteiger partial charge in [-0.25, -0.2) is 28.8 Å². The monoisotopic (exact) mass is 612 g/mol. The van der Waals surface area contributed by atoms with Gasteiger partial charge < -0.3 is 28.4 Å². The molecule has 0 unspecified atom stereocenters. The zero-order valence-corrected chi connectivity index (χ0v) is 24.1. The van der Waals surface area contributed by atoms with Crippen LogP contribution < -0.4 is 14.2 Å². The van der Waals surface area contributed by atoms with E-state index in [2.05, 4.69) is 14.2 Å². The summed E-state index contributed by atoms with van der Waals surface area (Å²) in [5.41, 5.74) is 0.179. The first-order valence-corrected chi connectivity index (χ1v) is 13.0. The van der Waals surface area contributed by atoms with Gasteiger partial charge >= 0.3 is 35.8 Å². The third-order valence-electron chi connectivity index (χ3n) is 6.08. The molecule has 4 rings (SSSR count). The van der Waals surface area contributed by atoms with Crippen molar-refractivity contribution in [2.75, 3.05) is 21.3 Å². The Morgan fingerprint density at radius 2 is 0.689 bits per heavy atom. The fourth-order valence-corrected chi connectivity index (χ4v) is 3.84. The fraction of sp³-hybridized carbons (Fsp3) is 0.0909. The van der Waals surface area contributed by atoms with Gasteiger partial charge in [-0.1, -0.05) is 6.07 Å². The first-order chi connectivity index (χ1) is 21.6. The SMILES string of the molecule is COC(=O)c1ccc(OC(=O)c2cc(OC(=O)c3cccc(C(=O)OC)c3)cc(C(=O)Oc3ccc(C(=O)OC)cc3)c2)cc1. The number of carbonyl (C=O) groups is 6. The van der Waals surface area contributed by atoms with E-state index in [1.54, 1.807) is 0 Å². The largest absolute Gasteiger partial charge is 0.465 e. The fourth-order valence-electron chi connectivity index (χ4n) is 3.84. The number of ether oxygens (including phenoxy) is 6. The summed E-state index contributed by atoms with van der Waals surface area (Å²) < 4.78 is 30.2. The number of benzene rings is 4. The normalized spacial score (nSPS) is 10.2. The maximum absolute atomic E-state index is 13.1. The first-order valence-electron chi connectivity index (χ1n) is 13.0. The number of carbonyl (C=O) groups excluding carboxylic acids is 6. The second-order valence-electron chi connectivity index (χ2n) is 9.02. The summed E-state index contributed by atoms with van der Waals surface area (Å²) in [6, 6.07) is 20.1. The van der Waals surface area contributed by atoms with Crippen molar-refractivity contribution in [1.29, 1.82) is 0 Å². The maximum atomic E-state index is 13.1. The van der Waals surface area contributed by atoms with Crippen LogP contribution in [0.4, 0.5) is 0 Å². The second kappa shape index (κ2) is 14.2. The van der Waals surface area contributed by atoms with Gasteiger partial charge in [-0.3, -0.25) is 0 Å². The lowest BCUT2D eigenvalue weighted by atomic mass is 10.1. The van der Waals surface area contributed by atoms with Gasteiger partial charge in [0.15, 0.2) is 0 Å². The Labute approximate surface area is 256 Å². The minimum absolute atomic E-state index is 0.00797. The molecule has 228 valence electrons. The maximum Gasteiger partial charge on any atom is 0.343 e. The molecule has 0 amide bonds. The molecule has 0 aromatic heterocycles. The van der Waals surface area contributed by atoms with Crippen LogP contribution in [0.15, 0.2) is 91.0 Å². The molecule has 12 heteroatoms. The third kappa shape index (κ3) is 7.96. The van der Waals surface area contributed by atoms with Gasteiger partial charge in [0.1, 0.15) is 17.2 Å². The highest BCUT2D eigenvalue weighted by Gasteiger charge is 2.20. The average Bonchev–Trinajstić information content (AvgIpc) is 3.07. The van der Waals surface area contributed by atoms with Crippen molar-refractivity contribution in [3.63, 3.8) is 0 Å². The average molecular weight is 613 g/mol. The number of methoxy groups -OCH3 is 3. The minimum Gasteiger partial charge on any atom is -0.465 e. The summed E-state index contributed by atoms with van der Waals surface area (Å²) in [6.07, 6.45) is 0. The number of hydrogen-bond donors (Lipinski definition) is 0. The molecule has 0 radical (unpaired) electrons. The van der Waals surface area contributed by atoms with Crippen molar-refractivity contribution in [1.82, 2.24) is 0 Å². The van der Waals surface area contributed by atoms with Gasteiger partial charge in [-0.15, -0.1) is 0 Å². The van der Waals surface area contributed by atoms with E-state index >= 15 is 0 Å². The lowest BCUT2D eigenvalue weighted by Crippen LogP contribution is -2.15. The number of hydrogen-bond acceptors (Lipinski definition) is 12. The minimum atomic E-state index is -0.928. The molecular weight excluding hydrogens is 588 g/mol. The molecular formula is C33H24O12. The molecule has 0 saturated heterocycles. The Morgan fingerprint density at radius 1 is 0.356 bits per heavy atom. The van der Waals surface area contributed by atoms with E-state index in [1.807, 2.05) is 0 Å². The molecule has 4 aromatic carbocycles.